The van der Waals surface area contributed by atoms with E-state index in [0.29, 0.717) is 17.2 Å². The van der Waals surface area contributed by atoms with Gasteiger partial charge in [-0.15, -0.1) is 0 Å². The summed E-state index contributed by atoms with van der Waals surface area (Å²) in [5.74, 6) is 0.595. The minimum absolute atomic E-state index is 0.102. The Kier molecular flexibility index (Phi) is 8.03. The molecule has 32 heavy (non-hydrogen) atoms. The van der Waals surface area contributed by atoms with E-state index in [9.17, 15) is 9.59 Å². The minimum Gasteiger partial charge on any atom is -0.483 e. The number of hydrogen-bond acceptors (Lipinski definition) is 3. The zero-order valence-corrected chi connectivity index (χ0v) is 18.8. The van der Waals surface area contributed by atoms with Crippen LogP contribution in [0.4, 0.5) is 5.69 Å². The Morgan fingerprint density at radius 3 is 2.38 bits per heavy atom. The van der Waals surface area contributed by atoms with Crippen molar-refractivity contribution in [3.63, 3.8) is 0 Å². The molecule has 0 saturated heterocycles. The van der Waals surface area contributed by atoms with E-state index in [1.54, 1.807) is 24.3 Å². The van der Waals surface area contributed by atoms with E-state index < -0.39 is 0 Å². The molecule has 5 heteroatoms. The van der Waals surface area contributed by atoms with Gasteiger partial charge in [0.2, 0.25) is 0 Å². The molecule has 2 unspecified atom stereocenters. The van der Waals surface area contributed by atoms with E-state index in [4.69, 9.17) is 4.74 Å². The van der Waals surface area contributed by atoms with Gasteiger partial charge in [0.05, 0.1) is 6.04 Å². The topological polar surface area (TPSA) is 67.4 Å². The Morgan fingerprint density at radius 2 is 1.62 bits per heavy atom. The molecule has 2 N–H and O–H groups in total. The van der Waals surface area contributed by atoms with Crippen LogP contribution in [-0.2, 0) is 4.79 Å². The summed E-state index contributed by atoms with van der Waals surface area (Å²) in [5, 5.41) is 5.80. The van der Waals surface area contributed by atoms with Crippen molar-refractivity contribution < 1.29 is 14.3 Å². The lowest BCUT2D eigenvalue weighted by Crippen LogP contribution is -2.27. The maximum Gasteiger partial charge on any atom is 0.262 e. The quantitative estimate of drug-likeness (QED) is 0.457. The first-order valence-corrected chi connectivity index (χ1v) is 11.0. The summed E-state index contributed by atoms with van der Waals surface area (Å²) in [4.78, 5) is 25.1. The normalized spacial score (nSPS) is 12.5. The molecule has 0 bridgehead atoms. The zero-order chi connectivity index (χ0) is 22.9. The Morgan fingerprint density at radius 1 is 0.906 bits per heavy atom. The van der Waals surface area contributed by atoms with Gasteiger partial charge in [0, 0.05) is 11.3 Å². The lowest BCUT2D eigenvalue weighted by molar-refractivity contribution is -0.118. The average molecular weight is 431 g/mol. The first-order chi connectivity index (χ1) is 15.5. The van der Waals surface area contributed by atoms with Crippen molar-refractivity contribution in [3.8, 4) is 5.75 Å². The maximum absolute atomic E-state index is 12.7. The van der Waals surface area contributed by atoms with Crippen molar-refractivity contribution >= 4 is 17.5 Å². The van der Waals surface area contributed by atoms with Crippen LogP contribution in [0, 0.1) is 0 Å². The van der Waals surface area contributed by atoms with Crippen molar-refractivity contribution in [2.24, 2.45) is 0 Å². The first-order valence-electron chi connectivity index (χ1n) is 11.0. The number of hydrogen-bond donors (Lipinski definition) is 2. The predicted octanol–water partition coefficient (Wildman–Crippen LogP) is 5.71. The van der Waals surface area contributed by atoms with Crippen LogP contribution in [0.1, 0.15) is 60.6 Å². The molecule has 0 aliphatic heterocycles. The zero-order valence-electron chi connectivity index (χ0n) is 18.8. The van der Waals surface area contributed by atoms with E-state index in [-0.39, 0.29) is 24.5 Å². The highest BCUT2D eigenvalue weighted by molar-refractivity contribution is 5.97. The van der Waals surface area contributed by atoms with Gasteiger partial charge in [-0.1, -0.05) is 68.4 Å². The van der Waals surface area contributed by atoms with Gasteiger partial charge in [-0.05, 0) is 54.7 Å². The van der Waals surface area contributed by atoms with Gasteiger partial charge in [-0.3, -0.25) is 9.59 Å². The van der Waals surface area contributed by atoms with E-state index in [0.717, 1.165) is 23.3 Å². The Hall–Kier alpha value is -3.60. The third-order valence-electron chi connectivity index (χ3n) is 5.48. The third kappa shape index (κ3) is 6.20. The van der Waals surface area contributed by atoms with E-state index in [2.05, 4.69) is 24.5 Å². The van der Waals surface area contributed by atoms with Crippen LogP contribution in [0.15, 0.2) is 78.9 Å². The summed E-state index contributed by atoms with van der Waals surface area (Å²) < 4.78 is 5.78. The van der Waals surface area contributed by atoms with Crippen molar-refractivity contribution in [1.29, 1.82) is 0 Å². The molecule has 0 spiro atoms. The monoisotopic (exact) mass is 430 g/mol. The molecule has 0 heterocycles. The summed E-state index contributed by atoms with van der Waals surface area (Å²) in [6, 6.07) is 24.3. The van der Waals surface area contributed by atoms with Gasteiger partial charge in [-0.25, -0.2) is 0 Å². The standard InChI is InChI=1S/C27H30N2O3/c1-4-19(2)24-15-8-9-16-25(24)32-18-26(30)29-23-14-10-13-22(17-23)27(31)28-20(3)21-11-6-5-7-12-21/h5-17,19-20H,4,18H2,1-3H3,(H,28,31)(H,29,30). The fourth-order valence-electron chi connectivity index (χ4n) is 3.42. The number of carbonyl (C=O) groups is 2. The minimum atomic E-state index is -0.279. The molecule has 2 amide bonds. The second-order valence-corrected chi connectivity index (χ2v) is 7.87. The van der Waals surface area contributed by atoms with Crippen LogP contribution >= 0.6 is 0 Å². The third-order valence-corrected chi connectivity index (χ3v) is 5.48. The second-order valence-electron chi connectivity index (χ2n) is 7.87. The van der Waals surface area contributed by atoms with Crippen molar-refractivity contribution in [1.82, 2.24) is 5.32 Å². The van der Waals surface area contributed by atoms with Gasteiger partial charge < -0.3 is 15.4 Å². The molecule has 166 valence electrons. The molecular formula is C27H30N2O3. The van der Waals surface area contributed by atoms with Gasteiger partial charge in [0.25, 0.3) is 11.8 Å². The fourth-order valence-corrected chi connectivity index (χ4v) is 3.42. The Balaban J connectivity index is 1.59. The molecule has 0 aromatic heterocycles. The molecule has 3 aromatic rings. The predicted molar refractivity (Wildman–Crippen MR) is 128 cm³/mol. The maximum atomic E-state index is 12.7. The highest BCUT2D eigenvalue weighted by atomic mass is 16.5. The van der Waals surface area contributed by atoms with Crippen molar-refractivity contribution in [2.75, 3.05) is 11.9 Å². The van der Waals surface area contributed by atoms with E-state index >= 15 is 0 Å². The van der Waals surface area contributed by atoms with Crippen molar-refractivity contribution in [3.05, 3.63) is 95.6 Å². The molecule has 2 atom stereocenters. The van der Waals surface area contributed by atoms with Crippen LogP contribution < -0.4 is 15.4 Å². The SMILES string of the molecule is CCC(C)c1ccccc1OCC(=O)Nc1cccc(C(=O)NC(C)c2ccccc2)c1. The van der Waals surface area contributed by atoms with E-state index in [1.165, 1.54) is 0 Å². The molecule has 0 fully saturated rings. The summed E-state index contributed by atoms with van der Waals surface area (Å²) in [6.45, 7) is 6.09. The number of anilines is 1. The Labute approximate surface area is 189 Å². The number of ether oxygens (including phenoxy) is 1. The number of nitrogens with one attached hydrogen (secondary N) is 2. The number of amides is 2. The van der Waals surface area contributed by atoms with Crippen LogP contribution in [0.5, 0.6) is 5.75 Å². The number of rotatable bonds is 9. The van der Waals surface area contributed by atoms with Crippen LogP contribution in [-0.4, -0.2) is 18.4 Å². The smallest absolute Gasteiger partial charge is 0.262 e. The number of benzene rings is 3. The fraction of sp³-hybridized carbons (Fsp3) is 0.259. The first kappa shape index (κ1) is 23.1. The van der Waals surface area contributed by atoms with Crippen LogP contribution in [0.2, 0.25) is 0 Å². The molecule has 0 aliphatic carbocycles. The van der Waals surface area contributed by atoms with Gasteiger partial charge in [0.15, 0.2) is 6.61 Å². The molecule has 3 rings (SSSR count). The molecule has 0 aliphatic rings. The largest absolute Gasteiger partial charge is 0.483 e. The summed E-state index contributed by atoms with van der Waals surface area (Å²) in [7, 11) is 0. The van der Waals surface area contributed by atoms with Crippen molar-refractivity contribution in [2.45, 2.75) is 39.2 Å². The molecule has 5 nitrogen and oxygen atoms in total. The summed E-state index contributed by atoms with van der Waals surface area (Å²) in [5.41, 5.74) is 3.15. The van der Waals surface area contributed by atoms with Gasteiger partial charge >= 0.3 is 0 Å². The number of para-hydroxylation sites is 1. The lowest BCUT2D eigenvalue weighted by Gasteiger charge is -2.16. The highest BCUT2D eigenvalue weighted by Gasteiger charge is 2.14. The van der Waals surface area contributed by atoms with Gasteiger partial charge in [-0.2, -0.15) is 0 Å². The Bertz CT molecular complexity index is 1050. The van der Waals surface area contributed by atoms with Crippen LogP contribution in [0.25, 0.3) is 0 Å². The van der Waals surface area contributed by atoms with Crippen LogP contribution in [0.3, 0.4) is 0 Å². The second kappa shape index (κ2) is 11.1. The van der Waals surface area contributed by atoms with Gasteiger partial charge in [0.1, 0.15) is 5.75 Å². The molecule has 0 radical (unpaired) electrons. The molecular weight excluding hydrogens is 400 g/mol. The summed E-state index contributed by atoms with van der Waals surface area (Å²) in [6.07, 6.45) is 0.990. The number of carbonyl (C=O) groups excluding carboxylic acids is 2. The average Bonchev–Trinajstić information content (AvgIpc) is 2.83. The lowest BCUT2D eigenvalue weighted by atomic mass is 9.98. The molecule has 0 saturated carbocycles. The molecule has 3 aromatic carbocycles. The summed E-state index contributed by atoms with van der Waals surface area (Å²) >= 11 is 0. The van der Waals surface area contributed by atoms with E-state index in [1.807, 2.05) is 61.5 Å². The highest BCUT2D eigenvalue weighted by Crippen LogP contribution is 2.28.